The second-order valence-corrected chi connectivity index (χ2v) is 4.98. The van der Waals surface area contributed by atoms with Gasteiger partial charge in [-0.25, -0.2) is 4.79 Å². The minimum Gasteiger partial charge on any atom is -0.478 e. The van der Waals surface area contributed by atoms with Gasteiger partial charge in [-0.1, -0.05) is 23.7 Å². The number of benzene rings is 1. The van der Waals surface area contributed by atoms with Gasteiger partial charge in [0, 0.05) is 5.02 Å². The summed E-state index contributed by atoms with van der Waals surface area (Å²) in [7, 11) is 0. The first-order valence-corrected chi connectivity index (χ1v) is 6.72. The van der Waals surface area contributed by atoms with Crippen LogP contribution in [0.1, 0.15) is 27.4 Å². The highest BCUT2D eigenvalue weighted by Crippen LogP contribution is 2.14. The third-order valence-corrected chi connectivity index (χ3v) is 3.25. The van der Waals surface area contributed by atoms with Crippen molar-refractivity contribution in [2.45, 2.75) is 19.9 Å². The summed E-state index contributed by atoms with van der Waals surface area (Å²) in [5.41, 5.74) is 1.42. The molecule has 1 aromatic carbocycles. The molecule has 0 fully saturated rings. The van der Waals surface area contributed by atoms with Gasteiger partial charge in [-0.3, -0.25) is 0 Å². The van der Waals surface area contributed by atoms with Gasteiger partial charge in [-0.15, -0.1) is 0 Å². The molecular formula is C15H16ClNO3. The summed E-state index contributed by atoms with van der Waals surface area (Å²) < 4.78 is 5.38. The van der Waals surface area contributed by atoms with Crippen molar-refractivity contribution in [1.29, 1.82) is 0 Å². The van der Waals surface area contributed by atoms with Gasteiger partial charge in [0.05, 0.1) is 6.54 Å². The molecule has 5 heteroatoms. The van der Waals surface area contributed by atoms with E-state index in [9.17, 15) is 4.79 Å². The summed E-state index contributed by atoms with van der Waals surface area (Å²) >= 11 is 5.82. The number of aryl methyl sites for hydroxylation is 1. The first-order chi connectivity index (χ1) is 9.56. The van der Waals surface area contributed by atoms with Gasteiger partial charge in [-0.2, -0.15) is 0 Å². The lowest BCUT2D eigenvalue weighted by Crippen LogP contribution is -2.16. The number of furan rings is 1. The average molecular weight is 294 g/mol. The Labute approximate surface area is 122 Å². The maximum atomic E-state index is 10.9. The van der Waals surface area contributed by atoms with Crippen molar-refractivity contribution >= 4 is 17.6 Å². The van der Waals surface area contributed by atoms with E-state index in [1.807, 2.05) is 24.3 Å². The molecule has 0 unspecified atom stereocenters. The third kappa shape index (κ3) is 3.85. The van der Waals surface area contributed by atoms with E-state index in [-0.39, 0.29) is 5.56 Å². The minimum atomic E-state index is -0.960. The zero-order chi connectivity index (χ0) is 14.5. The van der Waals surface area contributed by atoms with Gasteiger partial charge in [0.1, 0.15) is 17.1 Å². The summed E-state index contributed by atoms with van der Waals surface area (Å²) in [6.07, 6.45) is 0.878. The lowest BCUT2D eigenvalue weighted by Gasteiger charge is -2.03. The van der Waals surface area contributed by atoms with Crippen molar-refractivity contribution < 1.29 is 14.3 Å². The fourth-order valence-electron chi connectivity index (χ4n) is 1.94. The molecule has 0 aliphatic rings. The van der Waals surface area contributed by atoms with Crippen LogP contribution in [0.3, 0.4) is 0 Å². The Kier molecular flexibility index (Phi) is 4.82. The Morgan fingerprint density at radius 3 is 2.65 bits per heavy atom. The fraction of sp³-hybridized carbons (Fsp3) is 0.267. The molecule has 4 nitrogen and oxygen atoms in total. The topological polar surface area (TPSA) is 62.5 Å². The van der Waals surface area contributed by atoms with E-state index >= 15 is 0 Å². The molecule has 1 heterocycles. The van der Waals surface area contributed by atoms with Crippen molar-refractivity contribution in [3.63, 3.8) is 0 Å². The second-order valence-electron chi connectivity index (χ2n) is 4.54. The van der Waals surface area contributed by atoms with Gasteiger partial charge in [-0.05, 0) is 43.7 Å². The van der Waals surface area contributed by atoms with Crippen molar-refractivity contribution in [1.82, 2.24) is 5.32 Å². The standard InChI is InChI=1S/C15H16ClNO3/c1-10-14(15(18)19)8-13(20-10)9-17-7-6-11-2-4-12(16)5-3-11/h2-5,8,17H,6-7,9H2,1H3,(H,18,19). The number of rotatable bonds is 6. The Hall–Kier alpha value is -1.78. The predicted molar refractivity (Wildman–Crippen MR) is 77.3 cm³/mol. The summed E-state index contributed by atoms with van der Waals surface area (Å²) in [5.74, 6) is 0.113. The SMILES string of the molecule is Cc1oc(CNCCc2ccc(Cl)cc2)cc1C(=O)O. The molecule has 2 rings (SSSR count). The van der Waals surface area contributed by atoms with Gasteiger partial charge < -0.3 is 14.8 Å². The van der Waals surface area contributed by atoms with Crippen LogP contribution in [0.4, 0.5) is 0 Å². The van der Waals surface area contributed by atoms with E-state index in [1.54, 1.807) is 13.0 Å². The zero-order valence-corrected chi connectivity index (χ0v) is 11.9. The molecule has 0 radical (unpaired) electrons. The van der Waals surface area contributed by atoms with E-state index in [2.05, 4.69) is 5.32 Å². The van der Waals surface area contributed by atoms with Crippen molar-refractivity contribution in [3.8, 4) is 0 Å². The van der Waals surface area contributed by atoms with Crippen LogP contribution < -0.4 is 5.32 Å². The van der Waals surface area contributed by atoms with Crippen LogP contribution in [0.25, 0.3) is 0 Å². The molecule has 0 amide bonds. The maximum Gasteiger partial charge on any atom is 0.339 e. The molecule has 0 saturated heterocycles. The molecule has 2 aromatic rings. The van der Waals surface area contributed by atoms with Crippen LogP contribution in [0.15, 0.2) is 34.7 Å². The number of halogens is 1. The largest absolute Gasteiger partial charge is 0.478 e. The van der Waals surface area contributed by atoms with Gasteiger partial charge >= 0.3 is 5.97 Å². The van der Waals surface area contributed by atoms with Crippen molar-refractivity contribution in [2.75, 3.05) is 6.54 Å². The molecule has 0 bridgehead atoms. The highest BCUT2D eigenvalue weighted by molar-refractivity contribution is 6.30. The zero-order valence-electron chi connectivity index (χ0n) is 11.1. The quantitative estimate of drug-likeness (QED) is 0.802. The van der Waals surface area contributed by atoms with Crippen LogP contribution in [0.2, 0.25) is 5.02 Å². The summed E-state index contributed by atoms with van der Waals surface area (Å²) in [5, 5.41) is 12.9. The van der Waals surface area contributed by atoms with Crippen LogP contribution in [-0.4, -0.2) is 17.6 Å². The smallest absolute Gasteiger partial charge is 0.339 e. The van der Waals surface area contributed by atoms with Crippen LogP contribution in [0, 0.1) is 6.92 Å². The van der Waals surface area contributed by atoms with Crippen molar-refractivity contribution in [2.24, 2.45) is 0 Å². The van der Waals surface area contributed by atoms with E-state index in [1.165, 1.54) is 5.56 Å². The molecule has 20 heavy (non-hydrogen) atoms. The average Bonchev–Trinajstić information content (AvgIpc) is 2.78. The Morgan fingerprint density at radius 1 is 1.35 bits per heavy atom. The number of hydrogen-bond acceptors (Lipinski definition) is 3. The second kappa shape index (κ2) is 6.59. The van der Waals surface area contributed by atoms with E-state index in [0.717, 1.165) is 18.0 Å². The van der Waals surface area contributed by atoms with Crippen LogP contribution in [-0.2, 0) is 13.0 Å². The summed E-state index contributed by atoms with van der Waals surface area (Å²) in [4.78, 5) is 10.9. The van der Waals surface area contributed by atoms with Gasteiger partial charge in [0.15, 0.2) is 0 Å². The van der Waals surface area contributed by atoms with Crippen LogP contribution >= 0.6 is 11.6 Å². The first kappa shape index (κ1) is 14.6. The Balaban J connectivity index is 1.80. The number of carbonyl (C=O) groups is 1. The monoisotopic (exact) mass is 293 g/mol. The molecule has 2 N–H and O–H groups in total. The van der Waals surface area contributed by atoms with E-state index in [0.29, 0.717) is 18.1 Å². The van der Waals surface area contributed by atoms with Gasteiger partial charge in [0.25, 0.3) is 0 Å². The molecule has 106 valence electrons. The Morgan fingerprint density at radius 2 is 2.05 bits per heavy atom. The minimum absolute atomic E-state index is 0.222. The van der Waals surface area contributed by atoms with E-state index in [4.69, 9.17) is 21.1 Å². The van der Waals surface area contributed by atoms with Crippen LogP contribution in [0.5, 0.6) is 0 Å². The normalized spacial score (nSPS) is 10.7. The number of nitrogens with one attached hydrogen (secondary N) is 1. The number of carboxylic acids is 1. The first-order valence-electron chi connectivity index (χ1n) is 6.34. The molecular weight excluding hydrogens is 278 g/mol. The maximum absolute atomic E-state index is 10.9. The summed E-state index contributed by atoms with van der Waals surface area (Å²) in [6.45, 7) is 2.95. The summed E-state index contributed by atoms with van der Waals surface area (Å²) in [6, 6.07) is 9.28. The third-order valence-electron chi connectivity index (χ3n) is 3.00. The molecule has 0 spiro atoms. The van der Waals surface area contributed by atoms with Gasteiger partial charge in [0.2, 0.25) is 0 Å². The molecule has 1 aromatic heterocycles. The highest BCUT2D eigenvalue weighted by atomic mass is 35.5. The highest BCUT2D eigenvalue weighted by Gasteiger charge is 2.12. The lowest BCUT2D eigenvalue weighted by molar-refractivity contribution is 0.0695. The fourth-order valence-corrected chi connectivity index (χ4v) is 2.06. The Bertz CT molecular complexity index is 590. The lowest BCUT2D eigenvalue weighted by atomic mass is 10.1. The predicted octanol–water partition coefficient (Wildman–Crippen LogP) is 3.27. The molecule has 0 atom stereocenters. The molecule has 0 saturated carbocycles. The number of hydrogen-bond donors (Lipinski definition) is 2. The number of carboxylic acid groups (broad SMARTS) is 1. The number of aromatic carboxylic acids is 1. The van der Waals surface area contributed by atoms with E-state index < -0.39 is 5.97 Å². The molecule has 0 aliphatic carbocycles. The van der Waals surface area contributed by atoms with Crippen molar-refractivity contribution in [3.05, 3.63) is 58.0 Å². The molecule has 0 aliphatic heterocycles.